The molecule has 0 spiro atoms. The van der Waals surface area contributed by atoms with Gasteiger partial charge in [-0.2, -0.15) is 0 Å². The fourth-order valence-electron chi connectivity index (χ4n) is 3.10. The largest absolute Gasteiger partial charge is 0.302 e. The molecule has 0 fully saturated rings. The number of sulfone groups is 1. The average Bonchev–Trinajstić information content (AvgIpc) is 3.03. The van der Waals surface area contributed by atoms with Gasteiger partial charge in [0, 0.05) is 28.6 Å². The minimum absolute atomic E-state index is 0.0208. The predicted octanol–water partition coefficient (Wildman–Crippen LogP) is 4.54. The molecule has 0 saturated heterocycles. The highest BCUT2D eigenvalue weighted by Gasteiger charge is 2.27. The molecule has 3 rings (SSSR count). The van der Waals surface area contributed by atoms with Crippen LogP contribution in [0.4, 0.5) is 0 Å². The van der Waals surface area contributed by atoms with Crippen molar-refractivity contribution in [2.45, 2.75) is 31.2 Å². The summed E-state index contributed by atoms with van der Waals surface area (Å²) in [4.78, 5) is 25.8. The monoisotopic (exact) mass is 466 g/mol. The number of nitrogens with one attached hydrogen (secondary N) is 1. The van der Waals surface area contributed by atoms with Crippen LogP contribution in [-0.2, 0) is 15.4 Å². The van der Waals surface area contributed by atoms with Gasteiger partial charge < -0.3 is 5.10 Å². The molecule has 2 aromatic carbocycles. The number of ketones is 1. The topological polar surface area (TPSA) is 89.0 Å². The van der Waals surface area contributed by atoms with Crippen LogP contribution in [0.25, 0.3) is 11.1 Å². The third-order valence-corrected chi connectivity index (χ3v) is 6.35. The summed E-state index contributed by atoms with van der Waals surface area (Å²) in [6.07, 6.45) is 2.40. The molecule has 6 nitrogen and oxygen atoms in total. The van der Waals surface area contributed by atoms with Crippen molar-refractivity contribution in [3.05, 3.63) is 74.1 Å². The Hall–Kier alpha value is -2.35. The summed E-state index contributed by atoms with van der Waals surface area (Å²) in [6, 6.07) is 9.09. The summed E-state index contributed by atoms with van der Waals surface area (Å²) in [5, 5.41) is 3.22. The minimum atomic E-state index is -3.65. The quantitative estimate of drug-likeness (QED) is 0.571. The Morgan fingerprint density at radius 1 is 1.00 bits per heavy atom. The molecule has 0 aliphatic heterocycles. The second kappa shape index (κ2) is 7.72. The van der Waals surface area contributed by atoms with Crippen LogP contribution in [-0.4, -0.2) is 30.2 Å². The highest BCUT2D eigenvalue weighted by Crippen LogP contribution is 2.37. The van der Waals surface area contributed by atoms with Gasteiger partial charge in [-0.25, -0.2) is 13.1 Å². The SMILES string of the molecule is CC(C)(C)n1[nH]cc(C(=O)c2ccc(S(C)(=O)=O)c(-c3ccc(Cl)cc3)c2Cl)c1=O. The fourth-order valence-corrected chi connectivity index (χ4v) is 4.55. The van der Waals surface area contributed by atoms with E-state index in [9.17, 15) is 18.0 Å². The Kier molecular flexibility index (Phi) is 5.75. The Morgan fingerprint density at radius 2 is 1.60 bits per heavy atom. The van der Waals surface area contributed by atoms with Gasteiger partial charge in [0.1, 0.15) is 5.56 Å². The molecule has 30 heavy (non-hydrogen) atoms. The van der Waals surface area contributed by atoms with Crippen molar-refractivity contribution in [3.63, 3.8) is 0 Å². The summed E-state index contributed by atoms with van der Waals surface area (Å²) in [6.45, 7) is 5.48. The van der Waals surface area contributed by atoms with Gasteiger partial charge in [0.2, 0.25) is 5.78 Å². The van der Waals surface area contributed by atoms with E-state index < -0.39 is 26.7 Å². The van der Waals surface area contributed by atoms with Gasteiger partial charge in [0.25, 0.3) is 5.56 Å². The van der Waals surface area contributed by atoms with E-state index in [1.807, 2.05) is 20.8 Å². The number of hydrogen-bond acceptors (Lipinski definition) is 4. The maximum absolute atomic E-state index is 13.1. The second-order valence-corrected chi connectivity index (χ2v) is 10.7. The van der Waals surface area contributed by atoms with Gasteiger partial charge in [-0.3, -0.25) is 9.59 Å². The first-order chi connectivity index (χ1) is 13.8. The zero-order valence-electron chi connectivity index (χ0n) is 16.8. The Labute approximate surface area is 184 Å². The Morgan fingerprint density at radius 3 is 2.10 bits per heavy atom. The lowest BCUT2D eigenvalue weighted by Gasteiger charge is -2.18. The first kappa shape index (κ1) is 22.3. The zero-order chi connectivity index (χ0) is 22.4. The van der Waals surface area contributed by atoms with Crippen LogP contribution >= 0.6 is 23.2 Å². The van der Waals surface area contributed by atoms with Crippen molar-refractivity contribution < 1.29 is 13.2 Å². The Balaban J connectivity index is 2.24. The molecule has 0 aliphatic carbocycles. The number of H-pyrrole nitrogens is 1. The average molecular weight is 467 g/mol. The van der Waals surface area contributed by atoms with Crippen molar-refractivity contribution >= 4 is 38.8 Å². The van der Waals surface area contributed by atoms with Crippen molar-refractivity contribution in [1.82, 2.24) is 9.78 Å². The zero-order valence-corrected chi connectivity index (χ0v) is 19.1. The van der Waals surface area contributed by atoms with Crippen LogP contribution in [0, 0.1) is 0 Å². The maximum Gasteiger partial charge on any atom is 0.278 e. The third-order valence-electron chi connectivity index (χ3n) is 4.57. The minimum Gasteiger partial charge on any atom is -0.302 e. The van der Waals surface area contributed by atoms with E-state index in [0.29, 0.717) is 10.6 Å². The molecule has 0 radical (unpaired) electrons. The van der Waals surface area contributed by atoms with E-state index in [0.717, 1.165) is 6.26 Å². The smallest absolute Gasteiger partial charge is 0.278 e. The number of halogens is 2. The van der Waals surface area contributed by atoms with E-state index in [4.69, 9.17) is 23.2 Å². The molecule has 1 heterocycles. The van der Waals surface area contributed by atoms with Crippen molar-refractivity contribution in [2.75, 3.05) is 6.26 Å². The molecular formula is C21H20Cl2N2O4S. The van der Waals surface area contributed by atoms with Gasteiger partial charge in [-0.05, 0) is 50.6 Å². The number of nitrogens with zero attached hydrogens (tertiary/aromatic N) is 1. The molecule has 0 aliphatic rings. The van der Waals surface area contributed by atoms with E-state index in [2.05, 4.69) is 5.10 Å². The molecule has 158 valence electrons. The van der Waals surface area contributed by atoms with Crippen LogP contribution in [0.2, 0.25) is 10.0 Å². The molecule has 1 aromatic heterocycles. The molecule has 0 amide bonds. The first-order valence-electron chi connectivity index (χ1n) is 8.96. The van der Waals surface area contributed by atoms with Crippen LogP contribution in [0.15, 0.2) is 52.3 Å². The fraction of sp³-hybridized carbons (Fsp3) is 0.238. The molecule has 3 aromatic rings. The van der Waals surface area contributed by atoms with Crippen molar-refractivity contribution in [2.24, 2.45) is 0 Å². The van der Waals surface area contributed by atoms with Crippen molar-refractivity contribution in [3.8, 4) is 11.1 Å². The molecule has 0 bridgehead atoms. The second-order valence-electron chi connectivity index (χ2n) is 7.91. The van der Waals surface area contributed by atoms with Gasteiger partial charge in [-0.1, -0.05) is 35.3 Å². The number of aromatic amines is 1. The van der Waals surface area contributed by atoms with E-state index in [-0.39, 0.29) is 26.6 Å². The van der Waals surface area contributed by atoms with Crippen LogP contribution in [0.3, 0.4) is 0 Å². The number of benzene rings is 2. The number of rotatable bonds is 4. The van der Waals surface area contributed by atoms with Gasteiger partial charge in [-0.15, -0.1) is 0 Å². The lowest BCUT2D eigenvalue weighted by atomic mass is 9.99. The molecule has 0 atom stereocenters. The lowest BCUT2D eigenvalue weighted by Crippen LogP contribution is -2.34. The van der Waals surface area contributed by atoms with E-state index in [1.165, 1.54) is 23.0 Å². The normalized spacial score (nSPS) is 12.2. The van der Waals surface area contributed by atoms with E-state index in [1.54, 1.807) is 24.3 Å². The number of aromatic nitrogens is 2. The number of hydrogen-bond donors (Lipinski definition) is 1. The van der Waals surface area contributed by atoms with Gasteiger partial charge in [0.15, 0.2) is 9.84 Å². The summed E-state index contributed by atoms with van der Waals surface area (Å²) in [5.41, 5.74) is -0.404. The summed E-state index contributed by atoms with van der Waals surface area (Å²) in [7, 11) is -3.65. The molecular weight excluding hydrogens is 447 g/mol. The highest BCUT2D eigenvalue weighted by molar-refractivity contribution is 7.90. The predicted molar refractivity (Wildman–Crippen MR) is 118 cm³/mol. The standard InChI is InChI=1S/C21H20Cl2N2O4S/c1-21(2,3)25-20(27)15(11-24-25)19(26)14-9-10-16(30(4,28)29)17(18(14)23)12-5-7-13(22)8-6-12/h5-11,24H,1-4H3. The van der Waals surface area contributed by atoms with Gasteiger partial charge in [0.05, 0.1) is 15.5 Å². The summed E-state index contributed by atoms with van der Waals surface area (Å²) < 4.78 is 26.0. The molecule has 0 saturated carbocycles. The lowest BCUT2D eigenvalue weighted by molar-refractivity contribution is 0.103. The third kappa shape index (κ3) is 4.10. The summed E-state index contributed by atoms with van der Waals surface area (Å²) >= 11 is 12.5. The molecule has 1 N–H and O–H groups in total. The van der Waals surface area contributed by atoms with Crippen molar-refractivity contribution in [1.29, 1.82) is 0 Å². The van der Waals surface area contributed by atoms with Crippen LogP contribution in [0.1, 0.15) is 36.7 Å². The number of carbonyl (C=O) groups is 1. The molecule has 9 heteroatoms. The first-order valence-corrected chi connectivity index (χ1v) is 11.6. The van der Waals surface area contributed by atoms with Crippen LogP contribution < -0.4 is 5.56 Å². The van der Waals surface area contributed by atoms with Gasteiger partial charge >= 0.3 is 0 Å². The maximum atomic E-state index is 13.1. The number of carbonyl (C=O) groups excluding carboxylic acids is 1. The van der Waals surface area contributed by atoms with Crippen LogP contribution in [0.5, 0.6) is 0 Å². The molecule has 0 unspecified atom stereocenters. The van der Waals surface area contributed by atoms with E-state index >= 15 is 0 Å². The Bertz CT molecular complexity index is 1300. The summed E-state index contributed by atoms with van der Waals surface area (Å²) in [5.74, 6) is -0.598. The highest BCUT2D eigenvalue weighted by atomic mass is 35.5.